The quantitative estimate of drug-likeness (QED) is 0.833. The molecule has 1 atom stereocenters. The van der Waals surface area contributed by atoms with E-state index in [0.717, 1.165) is 38.3 Å². The molecule has 0 aromatic carbocycles. The van der Waals surface area contributed by atoms with Crippen LogP contribution in [0, 0.1) is 0 Å². The summed E-state index contributed by atoms with van der Waals surface area (Å²) in [6.45, 7) is 7.87. The van der Waals surface area contributed by atoms with Gasteiger partial charge in [-0.05, 0) is 25.9 Å². The summed E-state index contributed by atoms with van der Waals surface area (Å²) in [6, 6.07) is 0.617. The third-order valence-corrected chi connectivity index (χ3v) is 4.07. The number of aromatic nitrogens is 1. The van der Waals surface area contributed by atoms with Crippen molar-refractivity contribution in [3.63, 3.8) is 0 Å². The number of nitrogens with zero attached hydrogens (tertiary/aromatic N) is 2. The third kappa shape index (κ3) is 4.26. The molecule has 1 aliphatic rings. The molecule has 2 rings (SSSR count). The SMILES string of the molecule is CCCN(Cc1csc(NC(C)=O)n1)C1CCNC1. The van der Waals surface area contributed by atoms with Crippen molar-refractivity contribution in [3.8, 4) is 0 Å². The van der Waals surface area contributed by atoms with Gasteiger partial charge in [0.15, 0.2) is 5.13 Å². The van der Waals surface area contributed by atoms with Crippen molar-refractivity contribution < 1.29 is 4.79 Å². The monoisotopic (exact) mass is 282 g/mol. The summed E-state index contributed by atoms with van der Waals surface area (Å²) >= 11 is 1.50. The van der Waals surface area contributed by atoms with E-state index in [9.17, 15) is 4.79 Å². The summed E-state index contributed by atoms with van der Waals surface area (Å²) in [6.07, 6.45) is 2.36. The van der Waals surface area contributed by atoms with Crippen LogP contribution >= 0.6 is 11.3 Å². The summed E-state index contributed by atoms with van der Waals surface area (Å²) in [5.41, 5.74) is 1.05. The Kier molecular flexibility index (Phi) is 5.30. The van der Waals surface area contributed by atoms with Gasteiger partial charge in [-0.25, -0.2) is 4.98 Å². The van der Waals surface area contributed by atoms with Gasteiger partial charge in [0.25, 0.3) is 0 Å². The van der Waals surface area contributed by atoms with Crippen LogP contribution in [0.3, 0.4) is 0 Å². The van der Waals surface area contributed by atoms with Gasteiger partial charge >= 0.3 is 0 Å². The number of rotatable bonds is 6. The van der Waals surface area contributed by atoms with Crippen molar-refractivity contribution in [2.45, 2.75) is 39.3 Å². The lowest BCUT2D eigenvalue weighted by Crippen LogP contribution is -2.37. The van der Waals surface area contributed by atoms with Crippen LogP contribution in [0.15, 0.2) is 5.38 Å². The average molecular weight is 282 g/mol. The second kappa shape index (κ2) is 6.98. The Morgan fingerprint density at radius 1 is 1.68 bits per heavy atom. The smallest absolute Gasteiger partial charge is 0.223 e. The van der Waals surface area contributed by atoms with E-state index in [1.165, 1.54) is 24.7 Å². The molecule has 5 nitrogen and oxygen atoms in total. The van der Waals surface area contributed by atoms with Gasteiger partial charge in [0.2, 0.25) is 5.91 Å². The number of carbonyl (C=O) groups excluding carboxylic acids is 1. The minimum Gasteiger partial charge on any atom is -0.315 e. The molecule has 1 unspecified atom stereocenters. The molecule has 0 spiro atoms. The van der Waals surface area contributed by atoms with Crippen molar-refractivity contribution in [3.05, 3.63) is 11.1 Å². The first kappa shape index (κ1) is 14.4. The molecule has 1 aliphatic heterocycles. The molecule has 0 aliphatic carbocycles. The van der Waals surface area contributed by atoms with Crippen LogP contribution in [0.2, 0.25) is 0 Å². The lowest BCUT2D eigenvalue weighted by Gasteiger charge is -2.27. The molecular weight excluding hydrogens is 260 g/mol. The summed E-state index contributed by atoms with van der Waals surface area (Å²) in [4.78, 5) is 18.0. The van der Waals surface area contributed by atoms with Crippen molar-refractivity contribution in [1.82, 2.24) is 15.2 Å². The molecule has 1 fully saturated rings. The van der Waals surface area contributed by atoms with Gasteiger partial charge in [0.1, 0.15) is 0 Å². The number of thiazole rings is 1. The molecule has 0 saturated carbocycles. The second-order valence-electron chi connectivity index (χ2n) is 4.94. The molecule has 6 heteroatoms. The minimum absolute atomic E-state index is 0.0636. The fraction of sp³-hybridized carbons (Fsp3) is 0.692. The third-order valence-electron chi connectivity index (χ3n) is 3.26. The van der Waals surface area contributed by atoms with Crippen molar-refractivity contribution >= 4 is 22.4 Å². The van der Waals surface area contributed by atoms with Crippen LogP contribution in [0.1, 0.15) is 32.4 Å². The molecule has 1 aromatic heterocycles. The fourth-order valence-electron chi connectivity index (χ4n) is 2.42. The second-order valence-corrected chi connectivity index (χ2v) is 5.80. The first-order valence-electron chi connectivity index (χ1n) is 6.85. The standard InChI is InChI=1S/C13H22N4OS/c1-3-6-17(12-4-5-14-7-12)8-11-9-19-13(16-11)15-10(2)18/h9,12,14H,3-8H2,1-2H3,(H,15,16,18). The van der Waals surface area contributed by atoms with Crippen LogP contribution < -0.4 is 10.6 Å². The number of anilines is 1. The van der Waals surface area contributed by atoms with Crippen molar-refractivity contribution in [2.24, 2.45) is 0 Å². The Hall–Kier alpha value is -0.980. The highest BCUT2D eigenvalue weighted by Crippen LogP contribution is 2.19. The van der Waals surface area contributed by atoms with Crippen LogP contribution in [-0.2, 0) is 11.3 Å². The van der Waals surface area contributed by atoms with E-state index in [-0.39, 0.29) is 5.91 Å². The number of carbonyl (C=O) groups is 1. The zero-order chi connectivity index (χ0) is 13.7. The molecule has 2 N–H and O–H groups in total. The Bertz CT molecular complexity index is 415. The predicted molar refractivity (Wildman–Crippen MR) is 78.4 cm³/mol. The number of hydrogen-bond donors (Lipinski definition) is 2. The number of nitrogens with one attached hydrogen (secondary N) is 2. The van der Waals surface area contributed by atoms with Gasteiger partial charge in [0, 0.05) is 31.4 Å². The Morgan fingerprint density at radius 2 is 2.53 bits per heavy atom. The van der Waals surface area contributed by atoms with Crippen LogP contribution in [0.4, 0.5) is 5.13 Å². The maximum Gasteiger partial charge on any atom is 0.223 e. The molecule has 1 aromatic rings. The minimum atomic E-state index is -0.0636. The average Bonchev–Trinajstić information content (AvgIpc) is 2.99. The van der Waals surface area contributed by atoms with Crippen LogP contribution in [0.5, 0.6) is 0 Å². The van der Waals surface area contributed by atoms with Gasteiger partial charge < -0.3 is 10.6 Å². The summed E-state index contributed by atoms with van der Waals surface area (Å²) < 4.78 is 0. The van der Waals surface area contributed by atoms with Crippen LogP contribution in [0.25, 0.3) is 0 Å². The maximum absolute atomic E-state index is 11.0. The molecule has 1 amide bonds. The zero-order valence-corrected chi connectivity index (χ0v) is 12.4. The maximum atomic E-state index is 11.0. The Labute approximate surface area is 118 Å². The molecule has 19 heavy (non-hydrogen) atoms. The number of amides is 1. The fourth-order valence-corrected chi connectivity index (χ4v) is 3.17. The van der Waals surface area contributed by atoms with Crippen LogP contribution in [-0.4, -0.2) is 41.5 Å². The largest absolute Gasteiger partial charge is 0.315 e. The van der Waals surface area contributed by atoms with Crippen molar-refractivity contribution in [2.75, 3.05) is 25.0 Å². The molecule has 1 saturated heterocycles. The molecule has 0 bridgehead atoms. The summed E-state index contributed by atoms with van der Waals surface area (Å²) in [7, 11) is 0. The zero-order valence-electron chi connectivity index (χ0n) is 11.6. The topological polar surface area (TPSA) is 57.3 Å². The van der Waals surface area contributed by atoms with Crippen molar-refractivity contribution in [1.29, 1.82) is 0 Å². The van der Waals surface area contributed by atoms with E-state index in [1.807, 2.05) is 5.38 Å². The Morgan fingerprint density at radius 3 is 3.16 bits per heavy atom. The molecule has 0 radical (unpaired) electrons. The van der Waals surface area contributed by atoms with Gasteiger partial charge in [-0.15, -0.1) is 11.3 Å². The molecule has 106 valence electrons. The van der Waals surface area contributed by atoms with Gasteiger partial charge in [-0.2, -0.15) is 0 Å². The van der Waals surface area contributed by atoms with Gasteiger partial charge in [-0.3, -0.25) is 9.69 Å². The Balaban J connectivity index is 1.95. The van der Waals surface area contributed by atoms with Gasteiger partial charge in [0.05, 0.1) is 5.69 Å². The normalized spacial score (nSPS) is 19.0. The molecular formula is C13H22N4OS. The highest BCUT2D eigenvalue weighted by Gasteiger charge is 2.22. The summed E-state index contributed by atoms with van der Waals surface area (Å²) in [5, 5.41) is 8.89. The number of hydrogen-bond acceptors (Lipinski definition) is 5. The predicted octanol–water partition coefficient (Wildman–Crippen LogP) is 1.68. The van der Waals surface area contributed by atoms with Gasteiger partial charge in [-0.1, -0.05) is 6.92 Å². The highest BCUT2D eigenvalue weighted by molar-refractivity contribution is 7.13. The molecule has 2 heterocycles. The van der Waals surface area contributed by atoms with E-state index in [0.29, 0.717) is 11.2 Å². The van der Waals surface area contributed by atoms with E-state index < -0.39 is 0 Å². The lowest BCUT2D eigenvalue weighted by molar-refractivity contribution is -0.114. The first-order chi connectivity index (χ1) is 9.19. The van der Waals surface area contributed by atoms with E-state index in [2.05, 4.69) is 27.4 Å². The van der Waals surface area contributed by atoms with E-state index >= 15 is 0 Å². The first-order valence-corrected chi connectivity index (χ1v) is 7.73. The lowest BCUT2D eigenvalue weighted by atomic mass is 10.2. The highest BCUT2D eigenvalue weighted by atomic mass is 32.1. The van der Waals surface area contributed by atoms with E-state index in [4.69, 9.17) is 0 Å². The van der Waals surface area contributed by atoms with E-state index in [1.54, 1.807) is 0 Å². The summed E-state index contributed by atoms with van der Waals surface area (Å²) in [5.74, 6) is -0.0636.